The summed E-state index contributed by atoms with van der Waals surface area (Å²) in [5.74, 6) is -0.0467. The van der Waals surface area contributed by atoms with Gasteiger partial charge in [-0.15, -0.1) is 0 Å². The molecule has 16 heavy (non-hydrogen) atoms. The molecule has 1 aliphatic heterocycles. The van der Waals surface area contributed by atoms with Gasteiger partial charge in [-0.05, 0) is 13.0 Å². The first-order valence-corrected chi connectivity index (χ1v) is 5.61. The first-order chi connectivity index (χ1) is 7.65. The monoisotopic (exact) mass is 229 g/mol. The van der Waals surface area contributed by atoms with E-state index in [1.807, 2.05) is 0 Å². The number of rotatable bonds is 7. The molecule has 92 valence electrons. The predicted molar refractivity (Wildman–Crippen MR) is 58.8 cm³/mol. The van der Waals surface area contributed by atoms with E-state index in [0.29, 0.717) is 0 Å². The van der Waals surface area contributed by atoms with Gasteiger partial charge in [-0.25, -0.2) is 4.79 Å². The number of nitrogens with one attached hydrogen (secondary N) is 2. The van der Waals surface area contributed by atoms with Gasteiger partial charge in [0.25, 0.3) is 0 Å². The molecule has 6 nitrogen and oxygen atoms in total. The van der Waals surface area contributed by atoms with Crippen molar-refractivity contribution in [1.82, 2.24) is 10.6 Å². The lowest BCUT2D eigenvalue weighted by atomic mass is 10.00. The van der Waals surface area contributed by atoms with Crippen molar-refractivity contribution in [3.63, 3.8) is 0 Å². The Morgan fingerprint density at radius 3 is 2.88 bits per heavy atom. The highest BCUT2D eigenvalue weighted by atomic mass is 16.5. The average molecular weight is 229 g/mol. The van der Waals surface area contributed by atoms with Crippen LogP contribution >= 0.6 is 0 Å². The molecule has 2 atom stereocenters. The zero-order chi connectivity index (χ0) is 12.0. The molecule has 1 fully saturated rings. The van der Waals surface area contributed by atoms with Crippen LogP contribution in [0.1, 0.15) is 26.2 Å². The number of β-lactam (4-membered cyclic amide) rings is 1. The largest absolute Gasteiger partial charge is 0.447 e. The Kier molecular flexibility index (Phi) is 5.04. The third kappa shape index (κ3) is 3.69. The standard InChI is InChI=1S/C10H19N3O3/c1-2-3-4-5-12-8-7(13-9(8)14)6-16-10(11)15/h7-8,12H,2-6H2,1H3,(H2,11,15)(H,13,14). The molecule has 1 saturated heterocycles. The van der Waals surface area contributed by atoms with Crippen LogP contribution in [0.25, 0.3) is 0 Å². The minimum absolute atomic E-state index is 0.0467. The molecule has 0 aliphatic carbocycles. The van der Waals surface area contributed by atoms with E-state index < -0.39 is 6.09 Å². The Labute approximate surface area is 94.9 Å². The molecular weight excluding hydrogens is 210 g/mol. The summed E-state index contributed by atoms with van der Waals surface area (Å²) in [6.07, 6.45) is 2.52. The molecule has 0 saturated carbocycles. The van der Waals surface area contributed by atoms with E-state index in [2.05, 4.69) is 22.3 Å². The van der Waals surface area contributed by atoms with Gasteiger partial charge < -0.3 is 21.1 Å². The molecule has 0 aromatic heterocycles. The van der Waals surface area contributed by atoms with Crippen LogP contribution in [0.2, 0.25) is 0 Å². The van der Waals surface area contributed by atoms with E-state index >= 15 is 0 Å². The Morgan fingerprint density at radius 1 is 1.56 bits per heavy atom. The third-order valence-corrected chi connectivity index (χ3v) is 2.56. The van der Waals surface area contributed by atoms with Gasteiger partial charge in [0.1, 0.15) is 12.6 Å². The minimum Gasteiger partial charge on any atom is -0.447 e. The number of unbranched alkanes of at least 4 members (excludes halogenated alkanes) is 2. The van der Waals surface area contributed by atoms with Crippen LogP contribution in [0.15, 0.2) is 0 Å². The highest BCUT2D eigenvalue weighted by molar-refractivity contribution is 5.89. The number of amides is 2. The van der Waals surface area contributed by atoms with Gasteiger partial charge in [-0.2, -0.15) is 0 Å². The van der Waals surface area contributed by atoms with E-state index in [4.69, 9.17) is 5.73 Å². The molecule has 0 spiro atoms. The number of carbonyl (C=O) groups excluding carboxylic acids is 2. The van der Waals surface area contributed by atoms with E-state index in [1.54, 1.807) is 0 Å². The van der Waals surface area contributed by atoms with Crippen LogP contribution in [0.4, 0.5) is 4.79 Å². The Bertz CT molecular complexity index is 258. The van der Waals surface area contributed by atoms with Crippen molar-refractivity contribution in [2.45, 2.75) is 38.3 Å². The number of nitrogens with two attached hydrogens (primary N) is 1. The average Bonchev–Trinajstić information content (AvgIpc) is 2.23. The second-order valence-corrected chi connectivity index (χ2v) is 3.88. The highest BCUT2D eigenvalue weighted by Gasteiger charge is 2.39. The maximum atomic E-state index is 11.2. The molecule has 6 heteroatoms. The number of carbonyl (C=O) groups is 2. The van der Waals surface area contributed by atoms with Gasteiger partial charge in [0.2, 0.25) is 5.91 Å². The van der Waals surface area contributed by atoms with E-state index in [-0.39, 0.29) is 24.6 Å². The van der Waals surface area contributed by atoms with Gasteiger partial charge in [0.15, 0.2) is 0 Å². The topological polar surface area (TPSA) is 93.4 Å². The fourth-order valence-electron chi connectivity index (χ4n) is 1.62. The molecule has 1 aliphatic rings. The minimum atomic E-state index is -0.814. The summed E-state index contributed by atoms with van der Waals surface area (Å²) in [6.45, 7) is 3.06. The number of hydrogen-bond acceptors (Lipinski definition) is 4. The van der Waals surface area contributed by atoms with Crippen LogP contribution in [0.3, 0.4) is 0 Å². The van der Waals surface area contributed by atoms with Gasteiger partial charge in [0, 0.05) is 0 Å². The van der Waals surface area contributed by atoms with Gasteiger partial charge in [-0.3, -0.25) is 4.79 Å². The van der Waals surface area contributed by atoms with Crippen LogP contribution in [-0.2, 0) is 9.53 Å². The van der Waals surface area contributed by atoms with Crippen molar-refractivity contribution < 1.29 is 14.3 Å². The summed E-state index contributed by atoms with van der Waals surface area (Å²) in [5, 5.41) is 5.79. The van der Waals surface area contributed by atoms with Gasteiger partial charge in [-0.1, -0.05) is 19.8 Å². The molecule has 4 N–H and O–H groups in total. The normalized spacial score (nSPS) is 23.4. The van der Waals surface area contributed by atoms with Crippen LogP contribution in [-0.4, -0.2) is 37.2 Å². The zero-order valence-corrected chi connectivity index (χ0v) is 9.49. The summed E-state index contributed by atoms with van der Waals surface area (Å²) >= 11 is 0. The van der Waals surface area contributed by atoms with E-state index in [9.17, 15) is 9.59 Å². The van der Waals surface area contributed by atoms with Crippen LogP contribution in [0.5, 0.6) is 0 Å². The Morgan fingerprint density at radius 2 is 2.31 bits per heavy atom. The third-order valence-electron chi connectivity index (χ3n) is 2.56. The van der Waals surface area contributed by atoms with Crippen molar-refractivity contribution in [3.8, 4) is 0 Å². The zero-order valence-electron chi connectivity index (χ0n) is 9.49. The molecule has 0 bridgehead atoms. The molecule has 1 rings (SSSR count). The highest BCUT2D eigenvalue weighted by Crippen LogP contribution is 2.07. The smallest absolute Gasteiger partial charge is 0.404 e. The summed E-state index contributed by atoms with van der Waals surface area (Å²) in [6, 6.07) is -0.405. The Balaban J connectivity index is 2.17. The van der Waals surface area contributed by atoms with Crippen LogP contribution in [0, 0.1) is 0 Å². The maximum absolute atomic E-state index is 11.2. The summed E-state index contributed by atoms with van der Waals surface area (Å²) in [7, 11) is 0. The van der Waals surface area contributed by atoms with Crippen LogP contribution < -0.4 is 16.4 Å². The fourth-order valence-corrected chi connectivity index (χ4v) is 1.62. The lowest BCUT2D eigenvalue weighted by molar-refractivity contribution is -0.132. The molecule has 0 aromatic rings. The van der Waals surface area contributed by atoms with Crippen molar-refractivity contribution in [1.29, 1.82) is 0 Å². The van der Waals surface area contributed by atoms with E-state index in [0.717, 1.165) is 25.8 Å². The number of ether oxygens (including phenoxy) is 1. The van der Waals surface area contributed by atoms with Crippen molar-refractivity contribution in [2.24, 2.45) is 5.73 Å². The first kappa shape index (κ1) is 12.8. The molecule has 0 aromatic carbocycles. The van der Waals surface area contributed by atoms with Crippen molar-refractivity contribution >= 4 is 12.0 Å². The summed E-state index contributed by atoms with van der Waals surface area (Å²) in [5.41, 5.74) is 4.85. The lowest BCUT2D eigenvalue weighted by Crippen LogP contribution is -2.70. The molecule has 2 unspecified atom stereocenters. The van der Waals surface area contributed by atoms with Gasteiger partial charge in [0.05, 0.1) is 6.04 Å². The van der Waals surface area contributed by atoms with Gasteiger partial charge >= 0.3 is 6.09 Å². The second-order valence-electron chi connectivity index (χ2n) is 3.88. The SMILES string of the molecule is CCCCCNC1C(=O)NC1COC(N)=O. The molecule has 2 amide bonds. The molecule has 1 heterocycles. The fraction of sp³-hybridized carbons (Fsp3) is 0.800. The molecule has 0 radical (unpaired) electrons. The van der Waals surface area contributed by atoms with Crippen molar-refractivity contribution in [3.05, 3.63) is 0 Å². The quantitative estimate of drug-likeness (QED) is 0.414. The Hall–Kier alpha value is -1.30. The van der Waals surface area contributed by atoms with Crippen molar-refractivity contribution in [2.75, 3.05) is 13.2 Å². The predicted octanol–water partition coefficient (Wildman–Crippen LogP) is -0.271. The summed E-state index contributed by atoms with van der Waals surface area (Å²) in [4.78, 5) is 21.6. The number of primary amides is 1. The molecular formula is C10H19N3O3. The first-order valence-electron chi connectivity index (χ1n) is 5.61. The maximum Gasteiger partial charge on any atom is 0.404 e. The van der Waals surface area contributed by atoms with E-state index in [1.165, 1.54) is 0 Å². The lowest BCUT2D eigenvalue weighted by Gasteiger charge is -2.36. The number of hydrogen-bond donors (Lipinski definition) is 3. The second kappa shape index (κ2) is 6.32. The summed E-state index contributed by atoms with van der Waals surface area (Å²) < 4.78 is 4.64.